The lowest BCUT2D eigenvalue weighted by Crippen LogP contribution is -2.41. The predicted molar refractivity (Wildman–Crippen MR) is 98.7 cm³/mol. The predicted octanol–water partition coefficient (Wildman–Crippen LogP) is 1.29. The molecule has 136 valence electrons. The molecular weight excluding hydrogens is 330 g/mol. The molecule has 6 nitrogen and oxygen atoms in total. The minimum atomic E-state index is -0.359. The molecule has 1 atom stereocenters. The minimum Gasteiger partial charge on any atom is -0.493 e. The van der Waals surface area contributed by atoms with Crippen molar-refractivity contribution in [2.24, 2.45) is 5.73 Å². The van der Waals surface area contributed by atoms with Crippen LogP contribution >= 0.6 is 0 Å². The molecule has 1 aliphatic heterocycles. The maximum atomic E-state index is 12.3. The lowest BCUT2D eigenvalue weighted by Gasteiger charge is -2.23. The van der Waals surface area contributed by atoms with E-state index < -0.39 is 0 Å². The van der Waals surface area contributed by atoms with Gasteiger partial charge in [0.25, 0.3) is 0 Å². The van der Waals surface area contributed by atoms with Gasteiger partial charge in [-0.2, -0.15) is 0 Å². The van der Waals surface area contributed by atoms with Crippen LogP contribution in [-0.2, 0) is 16.0 Å². The van der Waals surface area contributed by atoms with Crippen molar-refractivity contribution >= 4 is 11.8 Å². The zero-order valence-corrected chi connectivity index (χ0v) is 14.5. The van der Waals surface area contributed by atoms with Gasteiger partial charge in [0, 0.05) is 0 Å². The number of aryl methyl sites for hydroxylation is 1. The largest absolute Gasteiger partial charge is 0.493 e. The summed E-state index contributed by atoms with van der Waals surface area (Å²) < 4.78 is 5.68. The van der Waals surface area contributed by atoms with Crippen LogP contribution < -0.4 is 21.1 Å². The van der Waals surface area contributed by atoms with Crippen LogP contribution in [0.5, 0.6) is 5.75 Å². The van der Waals surface area contributed by atoms with Crippen molar-refractivity contribution in [2.75, 3.05) is 19.7 Å². The molecule has 2 amide bonds. The summed E-state index contributed by atoms with van der Waals surface area (Å²) in [7, 11) is 0. The summed E-state index contributed by atoms with van der Waals surface area (Å²) >= 11 is 0. The van der Waals surface area contributed by atoms with Gasteiger partial charge in [-0.1, -0.05) is 36.4 Å². The molecule has 4 N–H and O–H groups in total. The molecule has 2 aromatic carbocycles. The van der Waals surface area contributed by atoms with Gasteiger partial charge in [-0.15, -0.1) is 0 Å². The zero-order valence-electron chi connectivity index (χ0n) is 14.5. The number of nitrogens with two attached hydrogens (primary N) is 1. The van der Waals surface area contributed by atoms with Crippen LogP contribution in [0.15, 0.2) is 48.5 Å². The van der Waals surface area contributed by atoms with Crippen LogP contribution in [-0.4, -0.2) is 31.5 Å². The number of ether oxygens (including phenoxy) is 1. The normalized spacial score (nSPS) is 13.9. The Balaban J connectivity index is 1.82. The van der Waals surface area contributed by atoms with E-state index in [-0.39, 0.29) is 30.9 Å². The fourth-order valence-corrected chi connectivity index (χ4v) is 3.03. The smallest absolute Gasteiger partial charge is 0.240 e. The Labute approximate surface area is 152 Å². The number of amides is 2. The fourth-order valence-electron chi connectivity index (χ4n) is 3.03. The summed E-state index contributed by atoms with van der Waals surface area (Å²) in [5.74, 6) is 0.283. The lowest BCUT2D eigenvalue weighted by molar-refractivity contribution is -0.125. The van der Waals surface area contributed by atoms with Gasteiger partial charge in [-0.3, -0.25) is 9.59 Å². The number of benzene rings is 2. The zero-order chi connectivity index (χ0) is 18.4. The quantitative estimate of drug-likeness (QED) is 0.730. The highest BCUT2D eigenvalue weighted by Gasteiger charge is 2.19. The fraction of sp³-hybridized carbons (Fsp3) is 0.300. The maximum absolute atomic E-state index is 12.3. The van der Waals surface area contributed by atoms with Gasteiger partial charge in [0.1, 0.15) is 5.75 Å². The molecule has 0 saturated heterocycles. The van der Waals surface area contributed by atoms with Crippen LogP contribution in [0.25, 0.3) is 0 Å². The van der Waals surface area contributed by atoms with E-state index in [2.05, 4.69) is 16.7 Å². The van der Waals surface area contributed by atoms with E-state index >= 15 is 0 Å². The van der Waals surface area contributed by atoms with Crippen molar-refractivity contribution in [2.45, 2.75) is 18.9 Å². The van der Waals surface area contributed by atoms with Gasteiger partial charge < -0.3 is 21.1 Å². The second-order valence-electron chi connectivity index (χ2n) is 6.21. The first kappa shape index (κ1) is 17.9. The van der Waals surface area contributed by atoms with Crippen LogP contribution in [0.3, 0.4) is 0 Å². The first-order valence-corrected chi connectivity index (χ1v) is 8.74. The van der Waals surface area contributed by atoms with Crippen molar-refractivity contribution in [1.29, 1.82) is 0 Å². The highest BCUT2D eigenvalue weighted by atomic mass is 16.5. The SMILES string of the molecule is NCC(=O)NCC(=O)NC(c1ccccc1)c1ccc2c(c1)CCCO2. The minimum absolute atomic E-state index is 0.104. The van der Waals surface area contributed by atoms with Crippen LogP contribution in [0.4, 0.5) is 0 Å². The number of nitrogens with one attached hydrogen (secondary N) is 2. The Kier molecular flexibility index (Phi) is 5.86. The van der Waals surface area contributed by atoms with Crippen molar-refractivity contribution in [3.8, 4) is 5.75 Å². The van der Waals surface area contributed by atoms with Crippen LogP contribution in [0.2, 0.25) is 0 Å². The second-order valence-corrected chi connectivity index (χ2v) is 6.21. The van der Waals surface area contributed by atoms with Gasteiger partial charge >= 0.3 is 0 Å². The van der Waals surface area contributed by atoms with Gasteiger partial charge in [-0.05, 0) is 41.7 Å². The average molecular weight is 353 g/mol. The van der Waals surface area contributed by atoms with Gasteiger partial charge in [0.15, 0.2) is 0 Å². The molecule has 0 aliphatic carbocycles. The molecule has 6 heteroatoms. The molecule has 26 heavy (non-hydrogen) atoms. The Hall–Kier alpha value is -2.86. The standard InChI is InChI=1S/C20H23N3O3/c21-12-18(24)22-13-19(25)23-20(14-5-2-1-3-6-14)16-8-9-17-15(11-16)7-4-10-26-17/h1-3,5-6,8-9,11,20H,4,7,10,12-13,21H2,(H,22,24)(H,23,25). The van der Waals surface area contributed by atoms with Gasteiger partial charge in [-0.25, -0.2) is 0 Å². The molecule has 0 saturated carbocycles. The monoisotopic (exact) mass is 353 g/mol. The molecule has 0 fully saturated rings. The topological polar surface area (TPSA) is 93.5 Å². The van der Waals surface area contributed by atoms with Crippen LogP contribution in [0, 0.1) is 0 Å². The summed E-state index contributed by atoms with van der Waals surface area (Å²) in [6, 6.07) is 15.5. The summed E-state index contributed by atoms with van der Waals surface area (Å²) in [6.07, 6.45) is 1.95. The molecule has 0 bridgehead atoms. The summed E-state index contributed by atoms with van der Waals surface area (Å²) in [5.41, 5.74) is 8.36. The molecule has 1 heterocycles. The van der Waals surface area contributed by atoms with Crippen molar-refractivity contribution in [3.05, 3.63) is 65.2 Å². The van der Waals surface area contributed by atoms with Crippen molar-refractivity contribution in [1.82, 2.24) is 10.6 Å². The molecule has 3 rings (SSSR count). The van der Waals surface area contributed by atoms with Crippen molar-refractivity contribution in [3.63, 3.8) is 0 Å². The molecule has 2 aromatic rings. The van der Waals surface area contributed by atoms with E-state index in [1.807, 2.05) is 42.5 Å². The summed E-state index contributed by atoms with van der Waals surface area (Å²) in [5, 5.41) is 5.49. The summed E-state index contributed by atoms with van der Waals surface area (Å²) in [4.78, 5) is 23.6. The number of carbonyl (C=O) groups is 2. The Morgan fingerprint density at radius 2 is 1.88 bits per heavy atom. The maximum Gasteiger partial charge on any atom is 0.240 e. The molecule has 0 aromatic heterocycles. The number of fused-ring (bicyclic) bond motifs is 1. The lowest BCUT2D eigenvalue weighted by atomic mass is 9.95. The molecular formula is C20H23N3O3. The summed E-state index contributed by atoms with van der Waals surface area (Å²) in [6.45, 7) is 0.500. The number of hydrogen-bond acceptors (Lipinski definition) is 4. The third-order valence-corrected chi connectivity index (χ3v) is 4.34. The number of carbonyl (C=O) groups excluding carboxylic acids is 2. The highest BCUT2D eigenvalue weighted by molar-refractivity contribution is 5.85. The van der Waals surface area contributed by atoms with E-state index in [1.54, 1.807) is 0 Å². The first-order valence-electron chi connectivity index (χ1n) is 8.74. The second kappa shape index (κ2) is 8.49. The van der Waals surface area contributed by atoms with E-state index in [9.17, 15) is 9.59 Å². The third-order valence-electron chi connectivity index (χ3n) is 4.34. The third kappa shape index (κ3) is 4.40. The van der Waals surface area contributed by atoms with E-state index in [0.717, 1.165) is 41.9 Å². The Morgan fingerprint density at radius 1 is 1.08 bits per heavy atom. The molecule has 0 radical (unpaired) electrons. The van der Waals surface area contributed by atoms with Crippen molar-refractivity contribution < 1.29 is 14.3 Å². The van der Waals surface area contributed by atoms with E-state index in [1.165, 1.54) is 0 Å². The Morgan fingerprint density at radius 3 is 2.65 bits per heavy atom. The Bertz CT molecular complexity index is 777. The van der Waals surface area contributed by atoms with Gasteiger partial charge in [0.05, 0.1) is 25.7 Å². The van der Waals surface area contributed by atoms with Gasteiger partial charge in [0.2, 0.25) is 11.8 Å². The van der Waals surface area contributed by atoms with E-state index in [4.69, 9.17) is 10.5 Å². The molecule has 1 aliphatic rings. The number of rotatable bonds is 6. The average Bonchev–Trinajstić information content (AvgIpc) is 2.70. The van der Waals surface area contributed by atoms with Crippen LogP contribution in [0.1, 0.15) is 29.2 Å². The highest BCUT2D eigenvalue weighted by Crippen LogP contribution is 2.30. The van der Waals surface area contributed by atoms with E-state index in [0.29, 0.717) is 0 Å². The molecule has 1 unspecified atom stereocenters. The first-order chi connectivity index (χ1) is 12.7. The number of hydrogen-bond donors (Lipinski definition) is 3. The molecule has 0 spiro atoms.